The molecule has 0 radical (unpaired) electrons. The number of nitrogens with zero attached hydrogens (tertiary/aromatic N) is 10. The summed E-state index contributed by atoms with van der Waals surface area (Å²) in [6.45, 7) is 6.73. The molecule has 3 amide bonds. The molecule has 5 aromatic rings. The van der Waals surface area contributed by atoms with Gasteiger partial charge in [0.1, 0.15) is 29.0 Å². The lowest BCUT2D eigenvalue weighted by atomic mass is 9.74. The summed E-state index contributed by atoms with van der Waals surface area (Å²) in [4.78, 5) is 54.9. The number of hydrogen-bond acceptors (Lipinski definition) is 11. The average Bonchev–Trinajstić information content (AvgIpc) is 4.12. The maximum Gasteiger partial charge on any atom is 0.249 e. The van der Waals surface area contributed by atoms with Crippen molar-refractivity contribution in [3.8, 4) is 28.6 Å². The lowest BCUT2D eigenvalue weighted by molar-refractivity contribution is -0.135. The molecular formula is C51H60N12O3. The number of nitriles is 1. The van der Waals surface area contributed by atoms with Crippen LogP contribution in [0.1, 0.15) is 125 Å². The van der Waals surface area contributed by atoms with Crippen LogP contribution in [-0.2, 0) is 20.8 Å². The van der Waals surface area contributed by atoms with E-state index in [1.54, 1.807) is 10.7 Å². The van der Waals surface area contributed by atoms with E-state index in [1.165, 1.54) is 17.5 Å². The normalized spacial score (nSPS) is 23.9. The minimum atomic E-state index is -0.316. The predicted molar refractivity (Wildman–Crippen MR) is 251 cm³/mol. The van der Waals surface area contributed by atoms with Crippen LogP contribution in [0.5, 0.6) is 0 Å². The molecule has 2 saturated carbocycles. The highest BCUT2D eigenvalue weighted by molar-refractivity contribution is 6.02. The molecule has 342 valence electrons. The largest absolute Gasteiger partial charge is 0.359 e. The molecular weight excluding hydrogens is 829 g/mol. The summed E-state index contributed by atoms with van der Waals surface area (Å²) in [6.07, 6.45) is 23.9. The maximum atomic E-state index is 13.3. The van der Waals surface area contributed by atoms with Gasteiger partial charge in [0.05, 0.1) is 41.4 Å². The number of hydrogen-bond donors (Lipinski definition) is 2. The van der Waals surface area contributed by atoms with E-state index in [4.69, 9.17) is 15.1 Å². The summed E-state index contributed by atoms with van der Waals surface area (Å²) >= 11 is 0. The Balaban J connectivity index is 0.712. The molecule has 66 heavy (non-hydrogen) atoms. The highest BCUT2D eigenvalue weighted by Crippen LogP contribution is 2.41. The smallest absolute Gasteiger partial charge is 0.249 e. The molecule has 2 N–H and O–H groups in total. The molecule has 6 aliphatic rings. The zero-order valence-electron chi connectivity index (χ0n) is 38.0. The molecule has 8 heterocycles. The van der Waals surface area contributed by atoms with Gasteiger partial charge in [-0.25, -0.2) is 14.5 Å². The fourth-order valence-electron chi connectivity index (χ4n) is 11.9. The first-order valence-electron chi connectivity index (χ1n) is 24.6. The van der Waals surface area contributed by atoms with Crippen LogP contribution in [0.3, 0.4) is 0 Å². The van der Waals surface area contributed by atoms with E-state index in [0.717, 1.165) is 138 Å². The molecule has 15 heteroatoms. The van der Waals surface area contributed by atoms with Crippen molar-refractivity contribution in [3.05, 3.63) is 78.0 Å². The molecule has 1 atom stereocenters. The fraction of sp³-hybridized carbons (Fsp3) is 0.529. The second-order valence-electron chi connectivity index (χ2n) is 19.8. The van der Waals surface area contributed by atoms with E-state index in [9.17, 15) is 19.6 Å². The van der Waals surface area contributed by atoms with Crippen molar-refractivity contribution in [2.75, 3.05) is 42.5 Å². The average molecular weight is 889 g/mol. The summed E-state index contributed by atoms with van der Waals surface area (Å²) < 4.78 is 3.88. The van der Waals surface area contributed by atoms with Crippen LogP contribution in [0.4, 0.5) is 11.5 Å². The van der Waals surface area contributed by atoms with Gasteiger partial charge in [-0.3, -0.25) is 24.4 Å². The number of likely N-dealkylation sites (tertiary alicyclic amines) is 1. The Morgan fingerprint density at radius 3 is 2.38 bits per heavy atom. The summed E-state index contributed by atoms with van der Waals surface area (Å²) in [6, 6.07) is 14.2. The van der Waals surface area contributed by atoms with Crippen LogP contribution in [0.2, 0.25) is 0 Å². The number of pyridine rings is 1. The van der Waals surface area contributed by atoms with Crippen molar-refractivity contribution >= 4 is 34.7 Å². The Labute approximate surface area is 385 Å². The van der Waals surface area contributed by atoms with Crippen molar-refractivity contribution < 1.29 is 14.4 Å². The number of amides is 3. The summed E-state index contributed by atoms with van der Waals surface area (Å²) in [5.74, 6) is 1.32. The zero-order chi connectivity index (χ0) is 44.9. The van der Waals surface area contributed by atoms with Gasteiger partial charge in [0.25, 0.3) is 0 Å². The molecule has 15 nitrogen and oxygen atoms in total. The van der Waals surface area contributed by atoms with Gasteiger partial charge < -0.3 is 20.0 Å². The molecule has 0 bridgehead atoms. The fourth-order valence-corrected chi connectivity index (χ4v) is 11.9. The SMILES string of the molecule is CCC1(C(=O)NC2CCC2)CCN(c2ccc(-c3nc(-c4cnn([C@H]5CC[C@@H](N6CCC(c7ccc8c(c7)CCN8C7CCC(=O)NC7=O)CC6)CC5)c4)cn4ncc(C#N)c34)cn2)CC1. The van der Waals surface area contributed by atoms with Gasteiger partial charge in [0.2, 0.25) is 17.7 Å². The first-order valence-corrected chi connectivity index (χ1v) is 24.6. The number of carbonyl (C=O) groups excluding carboxylic acids is 3. The predicted octanol–water partition coefficient (Wildman–Crippen LogP) is 6.72. The van der Waals surface area contributed by atoms with E-state index in [2.05, 4.69) is 72.5 Å². The van der Waals surface area contributed by atoms with E-state index in [0.29, 0.717) is 53.7 Å². The molecule has 4 aromatic heterocycles. The van der Waals surface area contributed by atoms with E-state index >= 15 is 0 Å². The number of nitrogens with one attached hydrogen (secondary N) is 2. The van der Waals surface area contributed by atoms with Crippen molar-refractivity contribution in [2.24, 2.45) is 5.41 Å². The number of anilines is 2. The van der Waals surface area contributed by atoms with Crippen LogP contribution in [0, 0.1) is 16.7 Å². The van der Waals surface area contributed by atoms with Crippen LogP contribution < -0.4 is 20.4 Å². The minimum Gasteiger partial charge on any atom is -0.359 e. The lowest BCUT2D eigenvalue weighted by Crippen LogP contribution is -2.52. The van der Waals surface area contributed by atoms with Crippen LogP contribution >= 0.6 is 0 Å². The Bertz CT molecular complexity index is 2670. The standard InChI is InChI=1S/C51H60N12O3/c1-2-51(50(66)56-39-4-3-5-39)19-24-60(25-20-51)45-14-7-36(28-53-45)47-48-37(27-52)29-55-63(48)32-42(57-47)38-30-54-62(31-38)41-10-8-40(9-11-41)59-21-16-33(17-22-59)34-6-12-43-35(26-34)18-23-61(43)44-13-15-46(64)58-49(44)65/h6-7,12,14,26,28-33,39-41,44H,2-5,8-11,13,15-25H2,1H3,(H,56,66)(H,58,64,65)/t40-,41+,44?. The molecule has 2 aliphatic carbocycles. The number of imide groups is 1. The van der Waals surface area contributed by atoms with Crippen LogP contribution in [0.15, 0.2) is 61.3 Å². The Kier molecular flexibility index (Phi) is 11.3. The van der Waals surface area contributed by atoms with E-state index in [-0.39, 0.29) is 29.2 Å². The quantitative estimate of drug-likeness (QED) is 0.143. The van der Waals surface area contributed by atoms with Gasteiger partial charge in [0, 0.05) is 67.3 Å². The maximum absolute atomic E-state index is 13.3. The number of rotatable bonds is 10. The first kappa shape index (κ1) is 42.5. The molecule has 5 fully saturated rings. The summed E-state index contributed by atoms with van der Waals surface area (Å²) in [5.41, 5.74) is 7.80. The van der Waals surface area contributed by atoms with E-state index < -0.39 is 0 Å². The van der Waals surface area contributed by atoms with Crippen molar-refractivity contribution in [1.82, 2.24) is 44.9 Å². The molecule has 4 aliphatic heterocycles. The number of carbonyl (C=O) groups is 3. The lowest BCUT2D eigenvalue weighted by Gasteiger charge is -2.42. The van der Waals surface area contributed by atoms with Crippen LogP contribution in [-0.4, -0.2) is 103 Å². The molecule has 1 unspecified atom stereocenters. The Morgan fingerprint density at radius 1 is 0.864 bits per heavy atom. The third kappa shape index (κ3) is 7.90. The second kappa shape index (κ2) is 17.6. The van der Waals surface area contributed by atoms with Crippen molar-refractivity contribution in [1.29, 1.82) is 5.26 Å². The number of benzene rings is 1. The van der Waals surface area contributed by atoms with Gasteiger partial charge >= 0.3 is 0 Å². The monoisotopic (exact) mass is 888 g/mol. The first-order chi connectivity index (χ1) is 32.3. The topological polar surface area (TPSA) is 170 Å². The van der Waals surface area contributed by atoms with Crippen molar-refractivity contribution in [2.45, 2.75) is 133 Å². The van der Waals surface area contributed by atoms with Gasteiger partial charge in [-0.05, 0) is 138 Å². The second-order valence-corrected chi connectivity index (χ2v) is 19.8. The zero-order valence-corrected chi connectivity index (χ0v) is 38.0. The van der Waals surface area contributed by atoms with Gasteiger partial charge in [-0.15, -0.1) is 0 Å². The molecule has 1 aromatic carbocycles. The van der Waals surface area contributed by atoms with E-state index in [1.807, 2.05) is 30.7 Å². The summed E-state index contributed by atoms with van der Waals surface area (Å²) in [7, 11) is 0. The third-order valence-electron chi connectivity index (χ3n) is 16.4. The number of fused-ring (bicyclic) bond motifs is 2. The third-order valence-corrected chi connectivity index (χ3v) is 16.4. The molecule has 11 rings (SSSR count). The number of aromatic nitrogens is 6. The van der Waals surface area contributed by atoms with Crippen LogP contribution in [0.25, 0.3) is 28.0 Å². The molecule has 0 spiro atoms. The highest BCUT2D eigenvalue weighted by Gasteiger charge is 2.42. The minimum absolute atomic E-state index is 0.164. The Morgan fingerprint density at radius 2 is 1.67 bits per heavy atom. The van der Waals surface area contributed by atoms with Crippen molar-refractivity contribution in [3.63, 3.8) is 0 Å². The Hall–Kier alpha value is -6.14. The molecule has 3 saturated heterocycles. The highest BCUT2D eigenvalue weighted by atomic mass is 16.2. The number of piperidine rings is 3. The van der Waals surface area contributed by atoms with Gasteiger partial charge in [-0.2, -0.15) is 15.5 Å². The summed E-state index contributed by atoms with van der Waals surface area (Å²) in [5, 5.41) is 25.3. The van der Waals surface area contributed by atoms with Gasteiger partial charge in [0.15, 0.2) is 0 Å². The van der Waals surface area contributed by atoms with Gasteiger partial charge in [-0.1, -0.05) is 19.1 Å².